The van der Waals surface area contributed by atoms with Gasteiger partial charge in [-0.05, 0) is 227 Å². The van der Waals surface area contributed by atoms with Crippen LogP contribution in [0.15, 0.2) is 108 Å². The maximum Gasteiger partial charge on any atom is 0.317 e. The number of aromatic nitrogens is 6. The highest BCUT2D eigenvalue weighted by Gasteiger charge is 2.48. The average molecular weight is 1610 g/mol. The molecule has 604 valence electrons. The SMILES string of the molecule is CSc1cc(C)[nH]c(=O)c1CNC(=O)c1c(C)n([C@H](C)C2CCC3(CC2)CNC(=O)C3)c2ccc(Cc3c(C(=O)NCc4c(SC)cc(C)[nH]c4=O)c4ccc(Cc5c(C(=O)NCc6c(SC)cc(C)[nH]c6=O)c6ccccc6n5[C@H](C)C5CCN(C(=O)NC6CC(F)(F)C6)CC5)cc4n3[C@H](C)C3CCC4(CCNC4)CC3)cc12. The van der Waals surface area contributed by atoms with Crippen molar-refractivity contribution < 1.29 is 32.8 Å². The maximum atomic E-state index is 16.2. The molecule has 9 N–H and O–H groups in total. The summed E-state index contributed by atoms with van der Waals surface area (Å²) in [6.07, 6.45) is 16.1. The van der Waals surface area contributed by atoms with Crippen LogP contribution in [0, 0.1) is 56.3 Å². The Morgan fingerprint density at radius 1 is 0.518 bits per heavy atom. The molecule has 21 nitrogen and oxygen atoms in total. The number of carbonyl (C=O) groups excluding carboxylic acids is 5. The molecule has 3 aliphatic carbocycles. The Morgan fingerprint density at radius 3 is 1.46 bits per heavy atom. The minimum atomic E-state index is -2.78. The van der Waals surface area contributed by atoms with Gasteiger partial charge in [0, 0.05) is 200 Å². The number of likely N-dealkylation sites (tertiary alicyclic amines) is 1. The van der Waals surface area contributed by atoms with Crippen molar-refractivity contribution >= 4 is 97.7 Å². The van der Waals surface area contributed by atoms with Crippen LogP contribution in [-0.2, 0) is 37.3 Å². The van der Waals surface area contributed by atoms with Gasteiger partial charge in [0.1, 0.15) is 0 Å². The number of aryl methyl sites for hydroxylation is 3. The summed E-state index contributed by atoms with van der Waals surface area (Å²) in [6, 6.07) is 25.0. The number of hydrogen-bond donors (Lipinski definition) is 9. The van der Waals surface area contributed by atoms with Crippen LogP contribution in [0.2, 0.25) is 0 Å². The molecule has 6 amide bonds. The van der Waals surface area contributed by atoms with Crippen LogP contribution < -0.4 is 48.6 Å². The number of urea groups is 1. The standard InChI is InChI=1S/C88H107F2N13O8S3/c1-48-33-72(112-8)64(79(105)96-48)43-92-82(108)76-54(7)101(51(4)57-21-27-87(28-22-57)42-75(104)95-47-87)68-18-16-55(36-63(68)76)38-71-78(84(110)94-45-66-74(114-10)35-50(3)98-81(66)107)62-17-15-56(37-69(62)103(71)52(5)58-19-25-86(26-20-58)29-30-91-46-86)39-70-77(83(109)93-44-65-73(113-9)34-49(2)97-80(65)106)61-13-11-12-14-67(61)102(70)53(6)59-23-31-100(32-24-59)85(111)99-60-40-88(89,90)41-60/h11-18,33-37,51-53,57-60,91H,19-32,38-47H2,1-10H3,(H,92,108)(H,93,109)(H,94,110)(H,95,104)(H,96,105)(H,97,106)(H,98,107)(H,99,111)/t51-,52-,53-,57?,58?,86?,87?/m1/s1. The highest BCUT2D eigenvalue weighted by molar-refractivity contribution is 7.99. The summed E-state index contributed by atoms with van der Waals surface area (Å²) in [7, 11) is 0. The summed E-state index contributed by atoms with van der Waals surface area (Å²) >= 11 is 4.34. The number of benzene rings is 3. The van der Waals surface area contributed by atoms with E-state index >= 15 is 14.4 Å². The van der Waals surface area contributed by atoms with Crippen LogP contribution in [-0.4, -0.2) is 127 Å². The normalized spacial score (nSPS) is 19.7. The van der Waals surface area contributed by atoms with E-state index in [1.54, 1.807) is 4.90 Å². The van der Waals surface area contributed by atoms with Crippen LogP contribution in [0.5, 0.6) is 0 Å². The number of para-hydroxylation sites is 1. The number of hydrogen-bond acceptors (Lipinski definition) is 12. The van der Waals surface area contributed by atoms with E-state index in [0.717, 1.165) is 147 Å². The maximum absolute atomic E-state index is 16.2. The number of aromatic amines is 3. The fourth-order valence-electron chi connectivity index (χ4n) is 20.3. The zero-order chi connectivity index (χ0) is 80.4. The second-order valence-electron chi connectivity index (χ2n) is 33.8. The van der Waals surface area contributed by atoms with E-state index < -0.39 is 12.0 Å². The van der Waals surface area contributed by atoms with Gasteiger partial charge in [-0.3, -0.25) is 33.6 Å². The van der Waals surface area contributed by atoms with Crippen molar-refractivity contribution in [1.29, 1.82) is 0 Å². The third-order valence-electron chi connectivity index (χ3n) is 26.8. The van der Waals surface area contributed by atoms with Gasteiger partial charge in [-0.15, -0.1) is 35.3 Å². The zero-order valence-electron chi connectivity index (χ0n) is 67.1. The topological polar surface area (TPSA) is 274 Å². The number of nitrogens with one attached hydrogen (secondary N) is 9. The Hall–Kier alpha value is -8.85. The molecule has 114 heavy (non-hydrogen) atoms. The predicted molar refractivity (Wildman–Crippen MR) is 449 cm³/mol. The molecule has 26 heteroatoms. The Kier molecular flexibility index (Phi) is 23.0. The van der Waals surface area contributed by atoms with Gasteiger partial charge in [0.25, 0.3) is 40.3 Å². The molecule has 3 saturated carbocycles. The van der Waals surface area contributed by atoms with E-state index in [0.29, 0.717) is 89.1 Å². The number of alkyl halides is 2. The molecule has 6 fully saturated rings. The van der Waals surface area contributed by atoms with Crippen molar-refractivity contribution in [2.75, 3.05) is 51.5 Å². The molecule has 9 aromatic rings. The summed E-state index contributed by atoms with van der Waals surface area (Å²) in [5.41, 5.74) is 10.8. The average Bonchev–Trinajstić information content (AvgIpc) is 1.59. The summed E-state index contributed by atoms with van der Waals surface area (Å²) in [5.74, 6) is -3.25. The Bertz CT molecular complexity index is 5440. The lowest BCUT2D eigenvalue weighted by molar-refractivity contribution is -0.119. The lowest BCUT2D eigenvalue weighted by Gasteiger charge is -2.40. The lowest BCUT2D eigenvalue weighted by atomic mass is 9.68. The highest BCUT2D eigenvalue weighted by Crippen LogP contribution is 2.50. The number of rotatable bonds is 23. The number of nitrogens with zero attached hydrogens (tertiary/aromatic N) is 4. The van der Waals surface area contributed by atoms with Crippen LogP contribution in [0.3, 0.4) is 0 Å². The molecule has 3 aliphatic heterocycles. The first kappa shape index (κ1) is 80.3. The Labute approximate surface area is 676 Å². The number of carbonyl (C=O) groups is 5. The Balaban J connectivity index is 0.874. The minimum absolute atomic E-state index is 0.00387. The van der Waals surface area contributed by atoms with Crippen molar-refractivity contribution in [2.45, 2.75) is 216 Å². The zero-order valence-corrected chi connectivity index (χ0v) is 69.5. The van der Waals surface area contributed by atoms with Crippen LogP contribution in [0.4, 0.5) is 13.6 Å². The van der Waals surface area contributed by atoms with Crippen molar-refractivity contribution in [3.63, 3.8) is 0 Å². The number of thioether (sulfide) groups is 3. The molecule has 6 aliphatic rings. The molecule has 3 atom stereocenters. The second kappa shape index (κ2) is 32.7. The molecule has 3 saturated heterocycles. The predicted octanol–water partition coefficient (Wildman–Crippen LogP) is 14.8. The molecule has 3 aromatic carbocycles. The van der Waals surface area contributed by atoms with Crippen LogP contribution >= 0.6 is 35.3 Å². The smallest absolute Gasteiger partial charge is 0.317 e. The van der Waals surface area contributed by atoms with Gasteiger partial charge in [-0.1, -0.05) is 36.4 Å². The Morgan fingerprint density at radius 2 is 0.974 bits per heavy atom. The van der Waals surface area contributed by atoms with Gasteiger partial charge in [-0.25, -0.2) is 13.6 Å². The summed E-state index contributed by atoms with van der Waals surface area (Å²) in [6.45, 7) is 17.6. The van der Waals surface area contributed by atoms with Crippen LogP contribution in [0.1, 0.15) is 222 Å². The van der Waals surface area contributed by atoms with E-state index in [2.05, 4.69) is 112 Å². The van der Waals surface area contributed by atoms with Gasteiger partial charge in [0.05, 0.1) is 16.7 Å². The molecular weight excluding hydrogens is 1500 g/mol. The third-order valence-corrected chi connectivity index (χ3v) is 29.2. The molecule has 2 spiro atoms. The molecule has 0 unspecified atom stereocenters. The number of piperidine rings is 1. The van der Waals surface area contributed by atoms with E-state index in [4.69, 9.17) is 0 Å². The third kappa shape index (κ3) is 15.8. The number of halogens is 2. The van der Waals surface area contributed by atoms with Gasteiger partial charge in [0.2, 0.25) is 5.91 Å². The molecule has 9 heterocycles. The summed E-state index contributed by atoms with van der Waals surface area (Å²) in [5, 5.41) is 21.5. The lowest BCUT2D eigenvalue weighted by Crippen LogP contribution is -2.55. The fourth-order valence-corrected chi connectivity index (χ4v) is 22.5. The molecule has 6 aromatic heterocycles. The number of fused-ring (bicyclic) bond motifs is 3. The highest BCUT2D eigenvalue weighted by atomic mass is 32.2. The minimum Gasteiger partial charge on any atom is -0.356 e. The monoisotopic (exact) mass is 1610 g/mol. The first-order chi connectivity index (χ1) is 54.7. The molecule has 15 rings (SSSR count). The van der Waals surface area contributed by atoms with Crippen molar-refractivity contribution in [2.24, 2.45) is 28.6 Å². The van der Waals surface area contributed by atoms with Gasteiger partial charge >= 0.3 is 6.03 Å². The van der Waals surface area contributed by atoms with Gasteiger partial charge in [0.15, 0.2) is 0 Å². The number of amides is 6. The second-order valence-corrected chi connectivity index (χ2v) is 36.4. The van der Waals surface area contributed by atoms with Crippen molar-refractivity contribution in [3.05, 3.63) is 189 Å². The number of pyridine rings is 3. The van der Waals surface area contributed by atoms with Gasteiger partial charge in [-0.2, -0.15) is 0 Å². The first-order valence-corrected chi connectivity index (χ1v) is 44.3. The van der Waals surface area contributed by atoms with Crippen LogP contribution in [0.25, 0.3) is 32.7 Å². The van der Waals surface area contributed by atoms with E-state index in [-0.39, 0.29) is 138 Å². The summed E-state index contributed by atoms with van der Waals surface area (Å²) in [4.78, 5) is 128. The molecular formula is C88H107F2N13O8S3. The largest absolute Gasteiger partial charge is 0.356 e. The van der Waals surface area contributed by atoms with Crippen molar-refractivity contribution in [3.8, 4) is 0 Å². The number of H-pyrrole nitrogens is 3. The first-order valence-electron chi connectivity index (χ1n) is 40.6. The fraction of sp³-hybridized carbons (Fsp3) is 0.500. The van der Waals surface area contributed by atoms with E-state index in [1.165, 1.54) is 35.3 Å². The van der Waals surface area contributed by atoms with Crippen molar-refractivity contribution in [1.82, 2.24) is 65.5 Å². The quantitative estimate of drug-likeness (QED) is 0.0271. The van der Waals surface area contributed by atoms with E-state index in [1.807, 2.05) is 95.0 Å². The van der Waals surface area contributed by atoms with E-state index in [9.17, 15) is 32.8 Å². The molecule has 0 radical (unpaired) electrons. The molecule has 0 bridgehead atoms. The van der Waals surface area contributed by atoms with Gasteiger partial charge < -0.3 is 65.5 Å². The summed E-state index contributed by atoms with van der Waals surface area (Å²) < 4.78 is 34.9.